The minimum Gasteiger partial charge on any atom is -0.382 e. The van der Waals surface area contributed by atoms with Gasteiger partial charge in [-0.05, 0) is 107 Å². The maximum atomic E-state index is 14.4. The number of halogens is 8. The maximum Gasteiger partial charge on any atom is 0.429 e. The average Bonchev–Trinajstić information content (AvgIpc) is 2.91. The summed E-state index contributed by atoms with van der Waals surface area (Å²) in [6, 6.07) is 0. The summed E-state index contributed by atoms with van der Waals surface area (Å²) in [6.07, 6.45) is -5.73. The topological polar surface area (TPSA) is 76.0 Å². The Labute approximate surface area is 280 Å². The average molecular weight is 723 g/mol. The van der Waals surface area contributed by atoms with Crippen molar-refractivity contribution in [3.63, 3.8) is 0 Å². The van der Waals surface area contributed by atoms with Gasteiger partial charge in [-0.3, -0.25) is 4.57 Å². The van der Waals surface area contributed by atoms with Crippen LogP contribution in [0.5, 0.6) is 0 Å². The standard InChI is InChI=1S/C34H51F8O5P/c1-23(2)13-9-15-25(5)17-11-19-27(7)21-29(43)31(35,36)33(39,40)46-48(45)47-34(41,42)32(37,38)30(44)22-28(8)20-12-18-26(6)16-10-14-24(3)4/h13-14,17-18,21-22,29-30,43-44,48H,9-12,15-16,19-20H2,1-8H3. The summed E-state index contributed by atoms with van der Waals surface area (Å²) in [7, 11) is -5.46. The minimum atomic E-state index is -5.88. The van der Waals surface area contributed by atoms with Gasteiger partial charge < -0.3 is 10.2 Å². The SMILES string of the molecule is CC(C)=CCCC(C)=CCCC(C)=CC(O)C(F)(F)C(F)(F)O[PH](=O)OC(F)(F)C(F)(F)C(O)C=C(C)CCC=C(C)CCC=C(C)C. The molecular weight excluding hydrogens is 671 g/mol. The van der Waals surface area contributed by atoms with E-state index in [1.807, 2.05) is 65.8 Å². The Bertz CT molecular complexity index is 1140. The van der Waals surface area contributed by atoms with E-state index in [0.29, 0.717) is 25.0 Å². The molecule has 0 aromatic carbocycles. The van der Waals surface area contributed by atoms with Gasteiger partial charge in [-0.25, -0.2) is 9.05 Å². The minimum absolute atomic E-state index is 0.0735. The molecular formula is C34H51F8O5P. The Hall–Kier alpha value is -2.05. The highest BCUT2D eigenvalue weighted by Gasteiger charge is 2.66. The zero-order valence-corrected chi connectivity index (χ0v) is 29.9. The van der Waals surface area contributed by atoms with Crippen LogP contribution >= 0.6 is 8.25 Å². The summed E-state index contributed by atoms with van der Waals surface area (Å²) in [6.45, 7) is 14.1. The van der Waals surface area contributed by atoms with Gasteiger partial charge in [-0.15, -0.1) is 0 Å². The van der Waals surface area contributed by atoms with Crippen molar-refractivity contribution in [3.05, 3.63) is 69.9 Å². The van der Waals surface area contributed by atoms with Gasteiger partial charge in [-0.2, -0.15) is 35.1 Å². The van der Waals surface area contributed by atoms with E-state index in [1.54, 1.807) is 0 Å². The lowest BCUT2D eigenvalue weighted by molar-refractivity contribution is -0.349. The molecule has 5 nitrogen and oxygen atoms in total. The molecule has 0 aliphatic heterocycles. The molecule has 14 heteroatoms. The van der Waals surface area contributed by atoms with Gasteiger partial charge in [-0.1, -0.05) is 69.9 Å². The highest BCUT2D eigenvalue weighted by atomic mass is 31.1. The van der Waals surface area contributed by atoms with Gasteiger partial charge in [0.1, 0.15) is 12.2 Å². The van der Waals surface area contributed by atoms with Crippen molar-refractivity contribution in [1.29, 1.82) is 0 Å². The third-order valence-electron chi connectivity index (χ3n) is 7.07. The highest BCUT2D eigenvalue weighted by Crippen LogP contribution is 2.50. The van der Waals surface area contributed by atoms with Gasteiger partial charge in [0.15, 0.2) is 0 Å². The molecule has 0 saturated carbocycles. The quantitative estimate of drug-likeness (QED) is 0.0661. The number of hydrogen-bond acceptors (Lipinski definition) is 5. The van der Waals surface area contributed by atoms with Crippen molar-refractivity contribution < 1.29 is 58.9 Å². The first-order chi connectivity index (χ1) is 21.9. The second kappa shape index (κ2) is 20.6. The van der Waals surface area contributed by atoms with Crippen molar-refractivity contribution in [2.75, 3.05) is 0 Å². The first kappa shape index (κ1) is 46.0. The van der Waals surface area contributed by atoms with E-state index in [9.17, 15) is 49.9 Å². The monoisotopic (exact) mass is 722 g/mol. The number of rotatable bonds is 22. The lowest BCUT2D eigenvalue weighted by Gasteiger charge is -2.31. The first-order valence-corrected chi connectivity index (χ1v) is 16.8. The first-order valence-electron chi connectivity index (χ1n) is 15.6. The van der Waals surface area contributed by atoms with Crippen LogP contribution in [0.1, 0.15) is 107 Å². The molecule has 0 radical (unpaired) electrons. The molecule has 0 fully saturated rings. The van der Waals surface area contributed by atoms with Crippen LogP contribution in [0.2, 0.25) is 0 Å². The molecule has 2 unspecified atom stereocenters. The second-order valence-electron chi connectivity index (χ2n) is 12.5. The molecule has 0 aromatic heterocycles. The van der Waals surface area contributed by atoms with Crippen LogP contribution in [-0.2, 0) is 13.6 Å². The van der Waals surface area contributed by atoms with Crippen molar-refractivity contribution in [2.24, 2.45) is 0 Å². The Kier molecular flexibility index (Phi) is 19.7. The lowest BCUT2D eigenvalue weighted by atomic mass is 10.0. The van der Waals surface area contributed by atoms with Gasteiger partial charge in [0.2, 0.25) is 0 Å². The van der Waals surface area contributed by atoms with E-state index in [2.05, 4.69) is 9.05 Å². The number of allylic oxidation sites excluding steroid dienone is 10. The molecule has 0 aliphatic carbocycles. The van der Waals surface area contributed by atoms with E-state index in [4.69, 9.17) is 0 Å². The van der Waals surface area contributed by atoms with Gasteiger partial charge >= 0.3 is 32.3 Å². The van der Waals surface area contributed by atoms with E-state index in [-0.39, 0.29) is 24.0 Å². The lowest BCUT2D eigenvalue weighted by Crippen LogP contribution is -2.51. The summed E-state index contributed by atoms with van der Waals surface area (Å²) < 4.78 is 133. The molecule has 48 heavy (non-hydrogen) atoms. The molecule has 0 aromatic rings. The van der Waals surface area contributed by atoms with Crippen LogP contribution in [0.15, 0.2) is 69.9 Å². The van der Waals surface area contributed by atoms with Crippen LogP contribution < -0.4 is 0 Å². The van der Waals surface area contributed by atoms with Gasteiger partial charge in [0.05, 0.1) is 0 Å². The smallest absolute Gasteiger partial charge is 0.382 e. The maximum absolute atomic E-state index is 14.4. The fourth-order valence-electron chi connectivity index (χ4n) is 4.10. The molecule has 0 amide bonds. The fourth-order valence-corrected chi connectivity index (χ4v) is 4.83. The van der Waals surface area contributed by atoms with E-state index in [0.717, 1.165) is 48.0 Å². The van der Waals surface area contributed by atoms with Crippen LogP contribution in [-0.4, -0.2) is 46.5 Å². The van der Waals surface area contributed by atoms with Crippen molar-refractivity contribution >= 4 is 8.25 Å². The van der Waals surface area contributed by atoms with E-state index >= 15 is 0 Å². The van der Waals surface area contributed by atoms with Crippen LogP contribution in [0, 0.1) is 0 Å². The predicted octanol–water partition coefficient (Wildman–Crippen LogP) is 11.4. The van der Waals surface area contributed by atoms with Gasteiger partial charge in [0.25, 0.3) is 0 Å². The third-order valence-corrected chi connectivity index (χ3v) is 7.92. The fraction of sp³-hybridized carbons (Fsp3) is 0.647. The molecule has 0 saturated heterocycles. The van der Waals surface area contributed by atoms with E-state index in [1.165, 1.54) is 13.8 Å². The molecule has 0 rings (SSSR count). The molecule has 278 valence electrons. The number of alkyl halides is 8. The van der Waals surface area contributed by atoms with Crippen LogP contribution in [0.3, 0.4) is 0 Å². The third kappa shape index (κ3) is 16.6. The van der Waals surface area contributed by atoms with E-state index < -0.39 is 44.5 Å². The zero-order valence-electron chi connectivity index (χ0n) is 28.9. The van der Waals surface area contributed by atoms with Crippen LogP contribution in [0.4, 0.5) is 35.1 Å². The molecule has 2 atom stereocenters. The second-order valence-corrected chi connectivity index (χ2v) is 13.4. The summed E-state index contributed by atoms with van der Waals surface area (Å²) in [4.78, 5) is 0. The number of aliphatic hydroxyl groups is 2. The van der Waals surface area contributed by atoms with Crippen molar-refractivity contribution in [2.45, 2.75) is 143 Å². The Morgan fingerprint density at radius 2 is 0.812 bits per heavy atom. The number of aliphatic hydroxyl groups excluding tert-OH is 2. The Morgan fingerprint density at radius 1 is 0.542 bits per heavy atom. The van der Waals surface area contributed by atoms with Gasteiger partial charge in [0, 0.05) is 0 Å². The molecule has 2 N–H and O–H groups in total. The zero-order chi connectivity index (χ0) is 37.5. The Morgan fingerprint density at radius 3 is 1.10 bits per heavy atom. The number of hydrogen-bond donors (Lipinski definition) is 2. The summed E-state index contributed by atoms with van der Waals surface area (Å²) in [5.41, 5.74) is 4.44. The summed E-state index contributed by atoms with van der Waals surface area (Å²) >= 11 is 0. The normalized spacial score (nSPS) is 16.5. The van der Waals surface area contributed by atoms with Crippen molar-refractivity contribution in [3.8, 4) is 0 Å². The highest BCUT2D eigenvalue weighted by molar-refractivity contribution is 7.33. The van der Waals surface area contributed by atoms with Crippen molar-refractivity contribution in [1.82, 2.24) is 0 Å². The molecule has 0 bridgehead atoms. The molecule has 0 aliphatic rings. The molecule has 0 heterocycles. The Balaban J connectivity index is 5.36. The largest absolute Gasteiger partial charge is 0.429 e. The molecule has 0 spiro atoms. The summed E-state index contributed by atoms with van der Waals surface area (Å²) in [5, 5.41) is 19.6. The van der Waals surface area contributed by atoms with Crippen LogP contribution in [0.25, 0.3) is 0 Å². The summed E-state index contributed by atoms with van der Waals surface area (Å²) in [5.74, 6) is -11.0. The predicted molar refractivity (Wildman–Crippen MR) is 174 cm³/mol.